The Bertz CT molecular complexity index is 940. The molecule has 1 saturated heterocycles. The highest BCUT2D eigenvalue weighted by Crippen LogP contribution is 2.31. The van der Waals surface area contributed by atoms with Crippen molar-refractivity contribution in [3.63, 3.8) is 0 Å². The number of ether oxygens (including phenoxy) is 1. The van der Waals surface area contributed by atoms with Crippen LogP contribution in [0.5, 0.6) is 5.75 Å². The van der Waals surface area contributed by atoms with Crippen LogP contribution in [-0.2, 0) is 9.59 Å². The lowest BCUT2D eigenvalue weighted by molar-refractivity contribution is -0.137. The zero-order chi connectivity index (χ0) is 27.2. The summed E-state index contributed by atoms with van der Waals surface area (Å²) in [5.41, 5.74) is 1.81. The van der Waals surface area contributed by atoms with Gasteiger partial charge < -0.3 is 19.4 Å². The molecule has 204 valence electrons. The van der Waals surface area contributed by atoms with Gasteiger partial charge in [-0.05, 0) is 43.9 Å². The number of likely N-dealkylation sites (tertiary alicyclic amines) is 1. The summed E-state index contributed by atoms with van der Waals surface area (Å²) in [7, 11) is 7.19. The number of nitrogens with zero attached hydrogens (tertiary/aromatic N) is 5. The monoisotopic (exact) mass is 511 g/mol. The molecule has 0 N–H and O–H groups in total. The molecule has 1 aliphatic carbocycles. The van der Waals surface area contributed by atoms with Crippen molar-refractivity contribution in [1.82, 2.24) is 14.9 Å². The lowest BCUT2D eigenvalue weighted by Gasteiger charge is -2.34. The van der Waals surface area contributed by atoms with E-state index in [1.54, 1.807) is 14.2 Å². The van der Waals surface area contributed by atoms with Crippen LogP contribution in [0.15, 0.2) is 36.7 Å². The maximum absolute atomic E-state index is 12.5. The Hall–Kier alpha value is -3.16. The van der Waals surface area contributed by atoms with Gasteiger partial charge >= 0.3 is 0 Å². The van der Waals surface area contributed by atoms with Gasteiger partial charge in [0.1, 0.15) is 11.6 Å². The fourth-order valence-electron chi connectivity index (χ4n) is 4.83. The summed E-state index contributed by atoms with van der Waals surface area (Å²) in [5, 5.41) is 0. The molecule has 8 nitrogen and oxygen atoms in total. The van der Waals surface area contributed by atoms with Crippen molar-refractivity contribution in [1.29, 1.82) is 0 Å². The van der Waals surface area contributed by atoms with Gasteiger partial charge in [0.25, 0.3) is 0 Å². The number of hydrogen-bond acceptors (Lipinski definition) is 6. The second-order valence-electron chi connectivity index (χ2n) is 9.51. The number of carbonyl (C=O) groups excluding carboxylic acids is 2. The molecule has 0 atom stereocenters. The molecule has 2 aromatic rings. The number of rotatable bonds is 6. The Morgan fingerprint density at radius 2 is 1.59 bits per heavy atom. The van der Waals surface area contributed by atoms with E-state index in [-0.39, 0.29) is 0 Å². The average Bonchev–Trinajstić information content (AvgIpc) is 2.98. The van der Waals surface area contributed by atoms with Crippen LogP contribution in [0.1, 0.15) is 70.5 Å². The van der Waals surface area contributed by atoms with Gasteiger partial charge in [-0.1, -0.05) is 33.1 Å². The smallest absolute Gasteiger partial charge is 0.225 e. The summed E-state index contributed by atoms with van der Waals surface area (Å²) in [6, 6.07) is 7.49. The van der Waals surface area contributed by atoms with Gasteiger partial charge in [0.15, 0.2) is 0 Å². The van der Waals surface area contributed by atoms with Gasteiger partial charge in [-0.3, -0.25) is 9.59 Å². The van der Waals surface area contributed by atoms with Crippen LogP contribution in [0.3, 0.4) is 0 Å². The van der Waals surface area contributed by atoms with E-state index in [1.807, 2.05) is 69.5 Å². The number of hydrogen-bond donors (Lipinski definition) is 0. The minimum absolute atomic E-state index is 0.299. The van der Waals surface area contributed by atoms with Crippen molar-refractivity contribution < 1.29 is 14.3 Å². The highest BCUT2D eigenvalue weighted by atomic mass is 16.5. The van der Waals surface area contributed by atoms with E-state index in [9.17, 15) is 9.59 Å². The van der Waals surface area contributed by atoms with Gasteiger partial charge in [0, 0.05) is 64.5 Å². The number of amides is 2. The average molecular weight is 512 g/mol. The number of methoxy groups -OCH3 is 1. The third-order valence-electron chi connectivity index (χ3n) is 6.91. The molecule has 0 spiro atoms. The van der Waals surface area contributed by atoms with Crippen molar-refractivity contribution in [2.75, 3.05) is 51.1 Å². The van der Waals surface area contributed by atoms with Crippen LogP contribution >= 0.6 is 0 Å². The molecule has 37 heavy (non-hydrogen) atoms. The molecular weight excluding hydrogens is 466 g/mol. The first-order valence-corrected chi connectivity index (χ1v) is 13.5. The van der Waals surface area contributed by atoms with Gasteiger partial charge in [-0.25, -0.2) is 9.97 Å². The van der Waals surface area contributed by atoms with E-state index in [2.05, 4.69) is 14.9 Å². The maximum atomic E-state index is 12.5. The van der Waals surface area contributed by atoms with E-state index in [4.69, 9.17) is 4.74 Å². The van der Waals surface area contributed by atoms with E-state index in [1.165, 1.54) is 24.2 Å². The van der Waals surface area contributed by atoms with Gasteiger partial charge in [0.2, 0.25) is 12.3 Å². The van der Waals surface area contributed by atoms with E-state index < -0.39 is 0 Å². The fourth-order valence-corrected chi connectivity index (χ4v) is 4.83. The second kappa shape index (κ2) is 15.8. The quantitative estimate of drug-likeness (QED) is 0.500. The van der Waals surface area contributed by atoms with Crippen LogP contribution in [0.4, 0.5) is 11.4 Å². The highest BCUT2D eigenvalue weighted by molar-refractivity contribution is 5.84. The van der Waals surface area contributed by atoms with E-state index >= 15 is 0 Å². The molecule has 1 saturated carbocycles. The van der Waals surface area contributed by atoms with Crippen molar-refractivity contribution >= 4 is 23.7 Å². The normalized spacial score (nSPS) is 15.9. The summed E-state index contributed by atoms with van der Waals surface area (Å²) < 4.78 is 5.12. The van der Waals surface area contributed by atoms with Crippen molar-refractivity contribution in [3.8, 4) is 5.75 Å². The third kappa shape index (κ3) is 8.72. The predicted molar refractivity (Wildman–Crippen MR) is 150 cm³/mol. The number of anilines is 2. The molecule has 1 aromatic heterocycles. The molecule has 2 aliphatic rings. The number of carbonyl (C=O) groups is 2. The van der Waals surface area contributed by atoms with Gasteiger partial charge in [-0.2, -0.15) is 0 Å². The van der Waals surface area contributed by atoms with Gasteiger partial charge in [0.05, 0.1) is 18.5 Å². The molecule has 2 heterocycles. The van der Waals surface area contributed by atoms with Gasteiger partial charge in [-0.15, -0.1) is 0 Å². The number of benzene rings is 1. The second-order valence-corrected chi connectivity index (χ2v) is 9.51. The van der Waals surface area contributed by atoms with Crippen LogP contribution < -0.4 is 14.5 Å². The minimum Gasteiger partial charge on any atom is -0.497 e. The van der Waals surface area contributed by atoms with Crippen molar-refractivity contribution in [2.45, 2.75) is 64.7 Å². The molecule has 1 aromatic carbocycles. The van der Waals surface area contributed by atoms with Crippen molar-refractivity contribution in [3.05, 3.63) is 42.5 Å². The molecular formula is C29H45N5O3. The van der Waals surface area contributed by atoms with Crippen LogP contribution in [0.2, 0.25) is 0 Å². The molecule has 0 unspecified atom stereocenters. The fraction of sp³-hybridized carbons (Fsp3) is 0.586. The zero-order valence-electron chi connectivity index (χ0n) is 23.5. The molecule has 0 radical (unpaired) electrons. The summed E-state index contributed by atoms with van der Waals surface area (Å²) in [5.74, 6) is 2.80. The Morgan fingerprint density at radius 3 is 2.14 bits per heavy atom. The molecule has 1 aliphatic heterocycles. The Kier molecular flexibility index (Phi) is 12.9. The minimum atomic E-state index is 0.299. The summed E-state index contributed by atoms with van der Waals surface area (Å²) in [4.78, 5) is 37.5. The third-order valence-corrected chi connectivity index (χ3v) is 6.91. The van der Waals surface area contributed by atoms with Crippen molar-refractivity contribution in [2.24, 2.45) is 5.92 Å². The van der Waals surface area contributed by atoms with Crippen LogP contribution in [0, 0.1) is 5.92 Å². The number of aromatic nitrogens is 2. The van der Waals surface area contributed by atoms with E-state index in [0.29, 0.717) is 17.7 Å². The lowest BCUT2D eigenvalue weighted by atomic mass is 9.87. The molecule has 8 heteroatoms. The Balaban J connectivity index is 0.000000254. The Morgan fingerprint density at radius 1 is 0.973 bits per heavy atom. The first-order valence-electron chi connectivity index (χ1n) is 13.5. The Labute approximate surface area is 223 Å². The molecule has 2 fully saturated rings. The highest BCUT2D eigenvalue weighted by Gasteiger charge is 2.30. The summed E-state index contributed by atoms with van der Waals surface area (Å²) in [6.07, 6.45) is 12.4. The maximum Gasteiger partial charge on any atom is 0.225 e. The molecule has 2 amide bonds. The predicted octanol–water partition coefficient (Wildman–Crippen LogP) is 5.14. The number of piperidine rings is 1. The molecule has 4 rings (SSSR count). The van der Waals surface area contributed by atoms with Crippen LogP contribution in [-0.4, -0.2) is 68.5 Å². The summed E-state index contributed by atoms with van der Waals surface area (Å²) >= 11 is 0. The zero-order valence-corrected chi connectivity index (χ0v) is 23.5. The molecule has 0 bridgehead atoms. The van der Waals surface area contributed by atoms with E-state index in [0.717, 1.165) is 68.1 Å². The standard InChI is InChI=1S/C16H23N3O.C11H16N2O2.C2H6/c20-16(14-5-2-1-3-6-14)19-11-7-13(8-12-19)15-17-9-4-10-18-15;1-12(2)10-6-5-9(15-4)7-11(10)13(3)8-14;1-2/h4,9-10,13-14H,1-3,5-8,11-12H2;5-8H,1-4H3;1-2H3. The topological polar surface area (TPSA) is 78.9 Å². The lowest BCUT2D eigenvalue weighted by Crippen LogP contribution is -2.42. The first-order chi connectivity index (χ1) is 17.9. The summed E-state index contributed by atoms with van der Waals surface area (Å²) in [6.45, 7) is 5.75. The first kappa shape index (κ1) is 30.1. The SMILES string of the molecule is CC.COc1ccc(N(C)C)c(N(C)C=O)c1.O=C(C1CCCCC1)N1CCC(c2ncccn2)CC1. The largest absolute Gasteiger partial charge is 0.497 e. The van der Waals surface area contributed by atoms with Crippen LogP contribution in [0.25, 0.3) is 0 Å².